The Labute approximate surface area is 114 Å². The van der Waals surface area contributed by atoms with Crippen LogP contribution in [0.5, 0.6) is 5.75 Å². The van der Waals surface area contributed by atoms with E-state index in [4.69, 9.17) is 10.5 Å². The molecule has 2 N–H and O–H groups in total. The monoisotopic (exact) mass is 263 g/mol. The second-order valence-corrected chi connectivity index (χ2v) is 5.75. The van der Waals surface area contributed by atoms with Crippen LogP contribution in [0.15, 0.2) is 24.3 Å². The number of benzene rings is 1. The maximum Gasteiger partial charge on any atom is 0.126 e. The van der Waals surface area contributed by atoms with Gasteiger partial charge in [0.1, 0.15) is 5.75 Å². The average Bonchev–Trinajstić information content (AvgIpc) is 2.45. The first-order valence-corrected chi connectivity index (χ1v) is 7.63. The van der Waals surface area contributed by atoms with E-state index in [0.29, 0.717) is 12.5 Å². The molecule has 1 heterocycles. The Hall–Kier alpha value is -0.930. The van der Waals surface area contributed by atoms with Crippen molar-refractivity contribution in [2.45, 2.75) is 18.8 Å². The number of nitrogens with two attached hydrogens (primary N) is 1. The van der Waals surface area contributed by atoms with Crippen molar-refractivity contribution in [2.75, 3.05) is 25.2 Å². The molecule has 1 aromatic carbocycles. The number of hydrogen-bond donors (Lipinski definition) is 1. The van der Waals surface area contributed by atoms with E-state index in [-0.39, 0.29) is 0 Å². The summed E-state index contributed by atoms with van der Waals surface area (Å²) in [5.74, 6) is 4.20. The number of thioether (sulfide) groups is 1. The Morgan fingerprint density at radius 3 is 2.83 bits per heavy atom. The lowest BCUT2D eigenvalue weighted by molar-refractivity contribution is 0.413. The molecule has 0 bridgehead atoms. The van der Waals surface area contributed by atoms with Gasteiger partial charge in [-0.25, -0.2) is 0 Å². The Balaban J connectivity index is 2.23. The second-order valence-electron chi connectivity index (χ2n) is 4.53. The fourth-order valence-electron chi connectivity index (χ4n) is 2.36. The summed E-state index contributed by atoms with van der Waals surface area (Å²) in [4.78, 5) is 0. The van der Waals surface area contributed by atoms with E-state index in [1.54, 1.807) is 7.11 Å². The van der Waals surface area contributed by atoms with Crippen LogP contribution in [0, 0.1) is 0 Å². The van der Waals surface area contributed by atoms with Crippen molar-refractivity contribution >= 4 is 17.8 Å². The zero-order valence-corrected chi connectivity index (χ0v) is 11.7. The highest BCUT2D eigenvalue weighted by molar-refractivity contribution is 7.99. The highest BCUT2D eigenvalue weighted by atomic mass is 32.2. The molecule has 1 aliphatic rings. The molecule has 0 aliphatic carbocycles. The van der Waals surface area contributed by atoms with E-state index >= 15 is 0 Å². The third-order valence-electron chi connectivity index (χ3n) is 3.38. The molecule has 0 atom stereocenters. The van der Waals surface area contributed by atoms with Gasteiger partial charge in [0.15, 0.2) is 0 Å². The van der Waals surface area contributed by atoms with E-state index in [1.165, 1.54) is 29.9 Å². The summed E-state index contributed by atoms with van der Waals surface area (Å²) in [7, 11) is 1.71. The minimum atomic E-state index is 0.563. The summed E-state index contributed by atoms with van der Waals surface area (Å²) in [6, 6.07) is 6.54. The molecule has 1 fully saturated rings. The number of rotatable bonds is 4. The van der Waals surface area contributed by atoms with Gasteiger partial charge in [-0.15, -0.1) is 0 Å². The summed E-state index contributed by atoms with van der Waals surface area (Å²) in [6.45, 7) is 0.563. The zero-order chi connectivity index (χ0) is 12.8. The first kappa shape index (κ1) is 13.5. The molecule has 1 aromatic rings. The smallest absolute Gasteiger partial charge is 0.126 e. The summed E-state index contributed by atoms with van der Waals surface area (Å²) < 4.78 is 5.39. The third kappa shape index (κ3) is 3.30. The molecular weight excluding hydrogens is 242 g/mol. The van der Waals surface area contributed by atoms with Gasteiger partial charge in [-0.05, 0) is 48.0 Å². The van der Waals surface area contributed by atoms with Crippen LogP contribution in [0.2, 0.25) is 0 Å². The quantitative estimate of drug-likeness (QED) is 0.905. The summed E-state index contributed by atoms with van der Waals surface area (Å²) in [6.07, 6.45) is 6.60. The van der Waals surface area contributed by atoms with Gasteiger partial charge in [-0.3, -0.25) is 0 Å². The topological polar surface area (TPSA) is 35.2 Å². The van der Waals surface area contributed by atoms with E-state index in [0.717, 1.165) is 11.3 Å². The Morgan fingerprint density at radius 1 is 1.39 bits per heavy atom. The van der Waals surface area contributed by atoms with Crippen molar-refractivity contribution < 1.29 is 4.74 Å². The first-order valence-electron chi connectivity index (χ1n) is 6.47. The zero-order valence-electron chi connectivity index (χ0n) is 10.9. The molecule has 2 nitrogen and oxygen atoms in total. The van der Waals surface area contributed by atoms with E-state index in [2.05, 4.69) is 36.0 Å². The lowest BCUT2D eigenvalue weighted by Crippen LogP contribution is -2.08. The van der Waals surface area contributed by atoms with E-state index in [9.17, 15) is 0 Å². The van der Waals surface area contributed by atoms with Crippen molar-refractivity contribution in [3.63, 3.8) is 0 Å². The van der Waals surface area contributed by atoms with E-state index < -0.39 is 0 Å². The molecule has 1 saturated heterocycles. The SMILES string of the molecule is COc1ccc(C2CCSCC2)cc1/C=C/CN. The van der Waals surface area contributed by atoms with Crippen molar-refractivity contribution in [1.82, 2.24) is 0 Å². The first-order chi connectivity index (χ1) is 8.85. The summed E-state index contributed by atoms with van der Waals surface area (Å²) in [5, 5.41) is 0. The number of ether oxygens (including phenoxy) is 1. The molecule has 0 radical (unpaired) electrons. The lowest BCUT2D eigenvalue weighted by Gasteiger charge is -2.22. The maximum absolute atomic E-state index is 5.52. The maximum atomic E-state index is 5.52. The van der Waals surface area contributed by atoms with Crippen LogP contribution >= 0.6 is 11.8 Å². The van der Waals surface area contributed by atoms with Crippen LogP contribution in [0.25, 0.3) is 6.08 Å². The molecule has 0 amide bonds. The average molecular weight is 263 g/mol. The Morgan fingerprint density at radius 2 is 2.17 bits per heavy atom. The molecule has 0 unspecified atom stereocenters. The van der Waals surface area contributed by atoms with E-state index in [1.807, 2.05) is 6.08 Å². The third-order valence-corrected chi connectivity index (χ3v) is 4.43. The van der Waals surface area contributed by atoms with Gasteiger partial charge in [0.2, 0.25) is 0 Å². The molecular formula is C15H21NOS. The fourth-order valence-corrected chi connectivity index (χ4v) is 3.47. The van der Waals surface area contributed by atoms with Gasteiger partial charge in [0.05, 0.1) is 7.11 Å². The molecule has 3 heteroatoms. The molecule has 2 rings (SSSR count). The lowest BCUT2D eigenvalue weighted by atomic mass is 9.92. The van der Waals surface area contributed by atoms with Gasteiger partial charge in [0, 0.05) is 12.1 Å². The standard InChI is InChI=1S/C15H21NOS/c1-17-15-5-4-13(11-14(15)3-2-8-16)12-6-9-18-10-7-12/h2-5,11-12H,6-10,16H2,1H3/b3-2+. The highest BCUT2D eigenvalue weighted by Gasteiger charge is 2.16. The predicted molar refractivity (Wildman–Crippen MR) is 80.4 cm³/mol. The molecule has 0 aromatic heterocycles. The second kappa shape index (κ2) is 6.86. The number of hydrogen-bond acceptors (Lipinski definition) is 3. The van der Waals surface area contributed by atoms with Crippen LogP contribution in [-0.2, 0) is 0 Å². The van der Waals surface area contributed by atoms with Gasteiger partial charge >= 0.3 is 0 Å². The van der Waals surface area contributed by atoms with Gasteiger partial charge < -0.3 is 10.5 Å². The summed E-state index contributed by atoms with van der Waals surface area (Å²) >= 11 is 2.06. The minimum Gasteiger partial charge on any atom is -0.496 e. The normalized spacial score (nSPS) is 17.2. The van der Waals surface area contributed by atoms with Crippen molar-refractivity contribution in [1.29, 1.82) is 0 Å². The van der Waals surface area contributed by atoms with Crippen molar-refractivity contribution in [3.8, 4) is 5.75 Å². The van der Waals surface area contributed by atoms with Crippen LogP contribution < -0.4 is 10.5 Å². The molecule has 0 saturated carbocycles. The summed E-state index contributed by atoms with van der Waals surface area (Å²) in [5.41, 5.74) is 8.09. The minimum absolute atomic E-state index is 0.563. The van der Waals surface area contributed by atoms with Crippen LogP contribution in [-0.4, -0.2) is 25.2 Å². The van der Waals surface area contributed by atoms with Crippen molar-refractivity contribution in [3.05, 3.63) is 35.4 Å². The van der Waals surface area contributed by atoms with Crippen LogP contribution in [0.1, 0.15) is 29.9 Å². The predicted octanol–water partition coefficient (Wildman–Crippen LogP) is 3.28. The Bertz CT molecular complexity index is 411. The van der Waals surface area contributed by atoms with Gasteiger partial charge in [0.25, 0.3) is 0 Å². The van der Waals surface area contributed by atoms with Crippen molar-refractivity contribution in [2.24, 2.45) is 5.73 Å². The highest BCUT2D eigenvalue weighted by Crippen LogP contribution is 2.34. The Kier molecular flexibility index (Phi) is 5.14. The molecule has 1 aliphatic heterocycles. The fraction of sp³-hybridized carbons (Fsp3) is 0.467. The van der Waals surface area contributed by atoms with Gasteiger partial charge in [-0.2, -0.15) is 11.8 Å². The number of methoxy groups -OCH3 is 1. The molecule has 18 heavy (non-hydrogen) atoms. The van der Waals surface area contributed by atoms with Gasteiger partial charge in [-0.1, -0.05) is 18.2 Å². The van der Waals surface area contributed by atoms with Crippen LogP contribution in [0.3, 0.4) is 0 Å². The molecule has 98 valence electrons. The van der Waals surface area contributed by atoms with Crippen LogP contribution in [0.4, 0.5) is 0 Å². The molecule has 0 spiro atoms. The largest absolute Gasteiger partial charge is 0.496 e.